The van der Waals surface area contributed by atoms with Crippen LogP contribution in [0.25, 0.3) is 0 Å². The normalized spacial score (nSPS) is 10.2. The summed E-state index contributed by atoms with van der Waals surface area (Å²) < 4.78 is 10.1. The molecule has 0 spiro atoms. The van der Waals surface area contributed by atoms with Gasteiger partial charge in [0.1, 0.15) is 11.5 Å². The number of phenols is 1. The molecule has 1 amide bonds. The van der Waals surface area contributed by atoms with Gasteiger partial charge in [-0.3, -0.25) is 4.79 Å². The summed E-state index contributed by atoms with van der Waals surface area (Å²) in [7, 11) is 1.25. The molecule has 25 heavy (non-hydrogen) atoms. The Labute approximate surface area is 146 Å². The van der Waals surface area contributed by atoms with Crippen molar-refractivity contribution in [3.8, 4) is 11.5 Å². The summed E-state index contributed by atoms with van der Waals surface area (Å²) in [6, 6.07) is 11.9. The fourth-order valence-electron chi connectivity index (χ4n) is 2.18. The molecule has 6 nitrogen and oxygen atoms in total. The van der Waals surface area contributed by atoms with E-state index in [-0.39, 0.29) is 35.9 Å². The first-order valence-electron chi connectivity index (χ1n) is 7.96. The molecule has 0 heterocycles. The average molecular weight is 343 g/mol. The van der Waals surface area contributed by atoms with Crippen LogP contribution in [0, 0.1) is 0 Å². The molecule has 0 atom stereocenters. The Bertz CT molecular complexity index is 740. The van der Waals surface area contributed by atoms with Crippen molar-refractivity contribution >= 4 is 17.6 Å². The van der Waals surface area contributed by atoms with Gasteiger partial charge in [-0.15, -0.1) is 0 Å². The van der Waals surface area contributed by atoms with Gasteiger partial charge in [0, 0.05) is 0 Å². The molecule has 0 aliphatic rings. The van der Waals surface area contributed by atoms with Crippen molar-refractivity contribution in [3.05, 3.63) is 53.6 Å². The number of benzene rings is 2. The van der Waals surface area contributed by atoms with Gasteiger partial charge in [-0.25, -0.2) is 4.79 Å². The third-order valence-corrected chi connectivity index (χ3v) is 3.62. The highest BCUT2D eigenvalue weighted by atomic mass is 16.5. The maximum absolute atomic E-state index is 11.9. The molecule has 0 bridgehead atoms. The number of carbonyl (C=O) groups excluding carboxylic acids is 2. The van der Waals surface area contributed by atoms with Crippen molar-refractivity contribution in [2.45, 2.75) is 19.8 Å². The number of rotatable bonds is 7. The summed E-state index contributed by atoms with van der Waals surface area (Å²) in [6.45, 7) is 2.30. The van der Waals surface area contributed by atoms with E-state index in [1.807, 2.05) is 24.3 Å². The Morgan fingerprint density at radius 3 is 2.44 bits per heavy atom. The molecular weight excluding hydrogens is 322 g/mol. The lowest BCUT2D eigenvalue weighted by atomic mass is 10.2. The van der Waals surface area contributed by atoms with Crippen LogP contribution in [0.1, 0.15) is 29.3 Å². The second kappa shape index (κ2) is 8.73. The molecule has 0 unspecified atom stereocenters. The lowest BCUT2D eigenvalue weighted by Gasteiger charge is -2.10. The lowest BCUT2D eigenvalue weighted by molar-refractivity contribution is -0.116. The van der Waals surface area contributed by atoms with Crippen LogP contribution in [0.2, 0.25) is 0 Å². The van der Waals surface area contributed by atoms with Crippen molar-refractivity contribution in [2.75, 3.05) is 19.0 Å². The van der Waals surface area contributed by atoms with Crippen molar-refractivity contribution in [2.24, 2.45) is 0 Å². The van der Waals surface area contributed by atoms with Gasteiger partial charge in [0.15, 0.2) is 0 Å². The minimum absolute atomic E-state index is 0.133. The molecule has 2 rings (SSSR count). The molecule has 0 aliphatic carbocycles. The number of amides is 1. The average Bonchev–Trinajstić information content (AvgIpc) is 2.63. The number of hydrogen-bond acceptors (Lipinski definition) is 5. The van der Waals surface area contributed by atoms with E-state index < -0.39 is 5.97 Å². The maximum Gasteiger partial charge on any atom is 0.337 e. The van der Waals surface area contributed by atoms with Crippen LogP contribution in [-0.2, 0) is 16.0 Å². The van der Waals surface area contributed by atoms with Gasteiger partial charge < -0.3 is 19.9 Å². The summed E-state index contributed by atoms with van der Waals surface area (Å²) in [6.07, 6.45) is 1.09. The fraction of sp³-hybridized carbons (Fsp3) is 0.263. The Balaban J connectivity index is 1.84. The first kappa shape index (κ1) is 18.3. The van der Waals surface area contributed by atoms with Crippen molar-refractivity contribution < 1.29 is 24.2 Å². The van der Waals surface area contributed by atoms with Gasteiger partial charge in [0.2, 0.25) is 5.91 Å². The minimum atomic E-state index is -0.560. The van der Waals surface area contributed by atoms with E-state index in [0.717, 1.165) is 6.42 Å². The number of aryl methyl sites for hydroxylation is 1. The van der Waals surface area contributed by atoms with Gasteiger partial charge in [0.05, 0.1) is 31.4 Å². The van der Waals surface area contributed by atoms with Crippen LogP contribution in [-0.4, -0.2) is 30.7 Å². The van der Waals surface area contributed by atoms with Gasteiger partial charge in [-0.2, -0.15) is 0 Å². The highest BCUT2D eigenvalue weighted by Crippen LogP contribution is 2.24. The van der Waals surface area contributed by atoms with Gasteiger partial charge in [-0.05, 0) is 42.3 Å². The highest BCUT2D eigenvalue weighted by molar-refractivity contribution is 5.95. The third kappa shape index (κ3) is 5.24. The van der Waals surface area contributed by atoms with Gasteiger partial charge in [0.25, 0.3) is 0 Å². The number of anilines is 1. The summed E-state index contributed by atoms with van der Waals surface area (Å²) in [4.78, 5) is 23.3. The Kier molecular flexibility index (Phi) is 6.39. The van der Waals surface area contributed by atoms with Gasteiger partial charge >= 0.3 is 5.97 Å². The number of carbonyl (C=O) groups is 2. The van der Waals surface area contributed by atoms with E-state index in [9.17, 15) is 14.7 Å². The number of methoxy groups -OCH3 is 1. The second-order valence-corrected chi connectivity index (χ2v) is 5.37. The quantitative estimate of drug-likeness (QED) is 0.596. The molecule has 2 aromatic rings. The molecule has 0 radical (unpaired) electrons. The Hall–Kier alpha value is -3.02. The molecule has 0 saturated carbocycles. The van der Waals surface area contributed by atoms with Crippen LogP contribution < -0.4 is 10.1 Å². The van der Waals surface area contributed by atoms with Crippen molar-refractivity contribution in [3.63, 3.8) is 0 Å². The minimum Gasteiger partial charge on any atom is -0.506 e. The number of hydrogen-bond donors (Lipinski definition) is 2. The van der Waals surface area contributed by atoms with Crippen LogP contribution in [0.4, 0.5) is 5.69 Å². The molecule has 2 aromatic carbocycles. The summed E-state index contributed by atoms with van der Waals surface area (Å²) in [5.74, 6) is -0.357. The zero-order valence-corrected chi connectivity index (χ0v) is 14.2. The molecule has 0 fully saturated rings. The summed E-state index contributed by atoms with van der Waals surface area (Å²) in [5.41, 5.74) is 1.65. The topological polar surface area (TPSA) is 84.9 Å². The van der Waals surface area contributed by atoms with Crippen LogP contribution in [0.15, 0.2) is 42.5 Å². The first-order valence-corrected chi connectivity index (χ1v) is 7.96. The standard InChI is InChI=1S/C19H21NO5/c1-3-13-4-7-15(8-5-13)25-11-10-18(22)20-16-9-6-14(12-17(16)21)19(23)24-2/h4-9,12,21H,3,10-11H2,1-2H3,(H,20,22). The van der Waals surface area contributed by atoms with Crippen LogP contribution in [0.3, 0.4) is 0 Å². The number of phenolic OH excluding ortho intramolecular Hbond substituents is 1. The van der Waals surface area contributed by atoms with Gasteiger partial charge in [-0.1, -0.05) is 19.1 Å². The smallest absolute Gasteiger partial charge is 0.337 e. The molecule has 0 aromatic heterocycles. The Morgan fingerprint density at radius 2 is 1.84 bits per heavy atom. The monoisotopic (exact) mass is 343 g/mol. The van der Waals surface area contributed by atoms with E-state index in [4.69, 9.17) is 4.74 Å². The molecule has 2 N–H and O–H groups in total. The Morgan fingerprint density at radius 1 is 1.12 bits per heavy atom. The fourth-order valence-corrected chi connectivity index (χ4v) is 2.18. The summed E-state index contributed by atoms with van der Waals surface area (Å²) >= 11 is 0. The third-order valence-electron chi connectivity index (χ3n) is 3.62. The number of ether oxygens (including phenoxy) is 2. The van der Waals surface area contributed by atoms with E-state index in [1.165, 1.54) is 30.9 Å². The molecule has 0 saturated heterocycles. The van der Waals surface area contributed by atoms with E-state index in [2.05, 4.69) is 17.0 Å². The van der Waals surface area contributed by atoms with E-state index in [0.29, 0.717) is 5.75 Å². The van der Waals surface area contributed by atoms with E-state index >= 15 is 0 Å². The zero-order chi connectivity index (χ0) is 18.2. The predicted octanol–water partition coefficient (Wildman–Crippen LogP) is 3.15. The summed E-state index contributed by atoms with van der Waals surface area (Å²) in [5, 5.41) is 12.5. The second-order valence-electron chi connectivity index (χ2n) is 5.37. The molecule has 132 valence electrons. The maximum atomic E-state index is 11.9. The first-order chi connectivity index (χ1) is 12.0. The molecular formula is C19H21NO5. The highest BCUT2D eigenvalue weighted by Gasteiger charge is 2.11. The number of aromatic hydroxyl groups is 1. The van der Waals surface area contributed by atoms with Crippen molar-refractivity contribution in [1.82, 2.24) is 0 Å². The zero-order valence-electron chi connectivity index (χ0n) is 14.2. The number of esters is 1. The molecule has 0 aliphatic heterocycles. The number of nitrogens with one attached hydrogen (secondary N) is 1. The van der Waals surface area contributed by atoms with E-state index in [1.54, 1.807) is 0 Å². The predicted molar refractivity (Wildman–Crippen MR) is 94.0 cm³/mol. The van der Waals surface area contributed by atoms with Crippen LogP contribution >= 0.6 is 0 Å². The SMILES string of the molecule is CCc1ccc(OCCC(=O)Nc2ccc(C(=O)OC)cc2O)cc1. The molecule has 6 heteroatoms. The lowest BCUT2D eigenvalue weighted by Crippen LogP contribution is -2.15. The van der Waals surface area contributed by atoms with Crippen molar-refractivity contribution in [1.29, 1.82) is 0 Å². The largest absolute Gasteiger partial charge is 0.506 e. The van der Waals surface area contributed by atoms with Crippen LogP contribution in [0.5, 0.6) is 11.5 Å².